The fourth-order valence-corrected chi connectivity index (χ4v) is 3.27. The van der Waals surface area contributed by atoms with Gasteiger partial charge in [0.1, 0.15) is 18.7 Å². The number of carboxylic acid groups (broad SMARTS) is 1. The van der Waals surface area contributed by atoms with Crippen molar-refractivity contribution in [1.82, 2.24) is 21.3 Å². The molecular formula is C19H32N6O6. The van der Waals surface area contributed by atoms with E-state index >= 15 is 0 Å². The monoisotopic (exact) mass is 440 g/mol. The number of carboxylic acids is 1. The molecule has 0 fully saturated rings. The maximum atomic E-state index is 13.0. The summed E-state index contributed by atoms with van der Waals surface area (Å²) >= 11 is 0. The molecule has 2 heterocycles. The largest absolute Gasteiger partial charge is 0.478 e. The van der Waals surface area contributed by atoms with E-state index in [2.05, 4.69) is 26.4 Å². The smallest absolute Gasteiger partial charge is 0.409 e. The van der Waals surface area contributed by atoms with Gasteiger partial charge in [0.15, 0.2) is 0 Å². The molecule has 12 heteroatoms. The van der Waals surface area contributed by atoms with Crippen molar-refractivity contribution in [2.24, 2.45) is 16.8 Å². The number of rotatable bonds is 13. The Morgan fingerprint density at radius 1 is 1.48 bits per heavy atom. The van der Waals surface area contributed by atoms with Gasteiger partial charge in [-0.2, -0.15) is 0 Å². The Hall–Kier alpha value is -2.70. The molecular weight excluding hydrogens is 408 g/mol. The van der Waals surface area contributed by atoms with Gasteiger partial charge < -0.3 is 20.0 Å². The van der Waals surface area contributed by atoms with E-state index in [-0.39, 0.29) is 25.7 Å². The molecule has 0 bridgehead atoms. The van der Waals surface area contributed by atoms with E-state index in [0.29, 0.717) is 44.7 Å². The molecule has 31 heavy (non-hydrogen) atoms. The second-order valence-corrected chi connectivity index (χ2v) is 7.38. The van der Waals surface area contributed by atoms with Gasteiger partial charge in [-0.25, -0.2) is 9.59 Å². The molecule has 2 aliphatic heterocycles. The van der Waals surface area contributed by atoms with E-state index in [1.54, 1.807) is 6.92 Å². The van der Waals surface area contributed by atoms with E-state index in [4.69, 9.17) is 15.3 Å². The molecule has 1 amide bonds. The summed E-state index contributed by atoms with van der Waals surface area (Å²) in [7, 11) is 0. The molecule has 0 aromatic carbocycles. The average molecular weight is 441 g/mol. The molecule has 0 aromatic heterocycles. The van der Waals surface area contributed by atoms with Crippen LogP contribution in [0.25, 0.3) is 0 Å². The summed E-state index contributed by atoms with van der Waals surface area (Å²) in [6, 6.07) is 0. The van der Waals surface area contributed by atoms with E-state index in [1.165, 1.54) is 0 Å². The van der Waals surface area contributed by atoms with Crippen molar-refractivity contribution in [3.05, 3.63) is 12.3 Å². The summed E-state index contributed by atoms with van der Waals surface area (Å²) in [5, 5.41) is 25.3. The first-order valence-corrected chi connectivity index (χ1v) is 10.4. The maximum absolute atomic E-state index is 13.0. The molecule has 2 rings (SSSR count). The third kappa shape index (κ3) is 7.49. The van der Waals surface area contributed by atoms with Gasteiger partial charge in [-0.15, -0.1) is 0 Å². The van der Waals surface area contributed by atoms with Gasteiger partial charge in [0, 0.05) is 19.4 Å². The third-order valence-electron chi connectivity index (χ3n) is 4.93. The summed E-state index contributed by atoms with van der Waals surface area (Å²) < 4.78 is 4.92. The van der Waals surface area contributed by atoms with Crippen molar-refractivity contribution < 1.29 is 29.1 Å². The fourth-order valence-electron chi connectivity index (χ4n) is 3.27. The average Bonchev–Trinajstić information content (AvgIpc) is 3.25. The zero-order valence-corrected chi connectivity index (χ0v) is 17.7. The lowest BCUT2D eigenvalue weighted by Crippen LogP contribution is -2.68. The minimum atomic E-state index is -2.31. The molecule has 3 unspecified atom stereocenters. The Bertz CT molecular complexity index is 699. The van der Waals surface area contributed by atoms with E-state index in [0.717, 1.165) is 0 Å². The van der Waals surface area contributed by atoms with Crippen LogP contribution in [0.2, 0.25) is 0 Å². The number of nitrogens with one attached hydrogen (secondary N) is 4. The minimum absolute atomic E-state index is 0.0907. The number of alkyl carbamates (subject to hydrolysis) is 1. The first-order valence-electron chi connectivity index (χ1n) is 10.4. The minimum Gasteiger partial charge on any atom is -0.478 e. The van der Waals surface area contributed by atoms with Crippen LogP contribution in [0.15, 0.2) is 17.4 Å². The number of ketones is 1. The highest BCUT2D eigenvalue weighted by atomic mass is 16.6. The maximum Gasteiger partial charge on any atom is 0.409 e. The van der Waals surface area contributed by atoms with Crippen LogP contribution in [-0.2, 0) is 19.2 Å². The van der Waals surface area contributed by atoms with Crippen molar-refractivity contribution in [2.75, 3.05) is 26.3 Å². The Morgan fingerprint density at radius 2 is 2.29 bits per heavy atom. The van der Waals surface area contributed by atoms with Crippen LogP contribution < -0.4 is 27.0 Å². The Labute approximate surface area is 181 Å². The van der Waals surface area contributed by atoms with Crippen LogP contribution in [0.4, 0.5) is 4.79 Å². The van der Waals surface area contributed by atoms with Crippen LogP contribution in [0.3, 0.4) is 0 Å². The lowest BCUT2D eigenvalue weighted by Gasteiger charge is -2.33. The molecule has 0 aromatic rings. The van der Waals surface area contributed by atoms with Gasteiger partial charge >= 0.3 is 12.1 Å². The normalized spacial score (nSPS) is 20.6. The first kappa shape index (κ1) is 24.6. The molecule has 0 saturated carbocycles. The predicted octanol–water partition coefficient (Wildman–Crippen LogP) is -0.426. The van der Waals surface area contributed by atoms with Crippen LogP contribution in [0.1, 0.15) is 39.0 Å². The molecule has 0 radical (unpaired) electrons. The number of carbonyl (C=O) groups excluding carboxylic acids is 2. The highest BCUT2D eigenvalue weighted by molar-refractivity contribution is 6.05. The Balaban J connectivity index is 2.06. The van der Waals surface area contributed by atoms with Gasteiger partial charge in [-0.1, -0.05) is 18.2 Å². The number of hydrogen-bond donors (Lipinski definition) is 6. The van der Waals surface area contributed by atoms with Gasteiger partial charge in [-0.05, 0) is 32.0 Å². The van der Waals surface area contributed by atoms with Crippen molar-refractivity contribution >= 4 is 23.6 Å². The van der Waals surface area contributed by atoms with E-state index in [9.17, 15) is 19.5 Å². The molecule has 7 N–H and O–H groups in total. The Kier molecular flexibility index (Phi) is 9.69. The van der Waals surface area contributed by atoms with Gasteiger partial charge in [0.25, 0.3) is 0 Å². The van der Waals surface area contributed by atoms with Crippen LogP contribution in [-0.4, -0.2) is 66.9 Å². The number of amides is 1. The number of carbonyl (C=O) groups is 3. The number of hydrogen-bond acceptors (Lipinski definition) is 10. The molecule has 12 nitrogen and oxygen atoms in total. The highest BCUT2D eigenvalue weighted by Crippen LogP contribution is 2.23. The van der Waals surface area contributed by atoms with E-state index < -0.39 is 29.4 Å². The van der Waals surface area contributed by atoms with Gasteiger partial charge in [-0.3, -0.25) is 26.5 Å². The zero-order valence-electron chi connectivity index (χ0n) is 17.7. The Morgan fingerprint density at radius 3 is 2.90 bits per heavy atom. The van der Waals surface area contributed by atoms with Crippen molar-refractivity contribution in [1.29, 1.82) is 0 Å². The summed E-state index contributed by atoms with van der Waals surface area (Å²) in [4.78, 5) is 42.0. The number of aliphatic carboxylic acids is 1. The van der Waals surface area contributed by atoms with E-state index in [1.807, 2.05) is 12.3 Å². The molecule has 0 spiro atoms. The highest BCUT2D eigenvalue weighted by Gasteiger charge is 2.47. The quantitative estimate of drug-likeness (QED) is 0.163. The number of Topliss-reactive ketones (excluding diaryl/α,β-unsaturated/α-hetero) is 1. The SMILES string of the molecule is CCCOC(=O)NC(N)(C(=O)O)C(CCCNC1NC=CCN1)C(=O)CC1=NOCC1. The van der Waals surface area contributed by atoms with Crippen molar-refractivity contribution in [3.63, 3.8) is 0 Å². The molecule has 3 atom stereocenters. The lowest BCUT2D eigenvalue weighted by atomic mass is 9.83. The van der Waals surface area contributed by atoms with Gasteiger partial charge in [0.2, 0.25) is 5.66 Å². The molecule has 174 valence electrons. The summed E-state index contributed by atoms with van der Waals surface area (Å²) in [5.41, 5.74) is 4.31. The number of nitrogens with two attached hydrogens (primary N) is 1. The van der Waals surface area contributed by atoms with Crippen LogP contribution >= 0.6 is 0 Å². The molecule has 0 saturated heterocycles. The van der Waals surface area contributed by atoms with Gasteiger partial charge in [0.05, 0.1) is 18.2 Å². The number of oxime groups is 1. The van der Waals surface area contributed by atoms with Crippen LogP contribution in [0, 0.1) is 5.92 Å². The third-order valence-corrected chi connectivity index (χ3v) is 4.93. The van der Waals surface area contributed by atoms with Crippen molar-refractivity contribution in [3.8, 4) is 0 Å². The summed E-state index contributed by atoms with van der Waals surface area (Å²) in [6.45, 7) is 3.48. The predicted molar refractivity (Wildman–Crippen MR) is 112 cm³/mol. The summed E-state index contributed by atoms with van der Waals surface area (Å²) in [5.74, 6) is -3.13. The summed E-state index contributed by atoms with van der Waals surface area (Å²) in [6.07, 6.45) is 4.19. The van der Waals surface area contributed by atoms with Crippen LogP contribution in [0.5, 0.6) is 0 Å². The number of nitrogens with zero attached hydrogens (tertiary/aromatic N) is 1. The molecule has 2 aliphatic rings. The standard InChI is InChI=1S/C19H32N6O6/c1-2-10-30-18(29)24-19(20,16(27)28)14(15(26)12-13-6-11-31-25-13)5-3-7-21-17-22-8-4-9-23-17/h4,8,14,17,21-23H,2-3,5-7,9-12,20H2,1H3,(H,24,29)(H,27,28). The number of ether oxygens (including phenoxy) is 1. The van der Waals surface area contributed by atoms with Crippen molar-refractivity contribution in [2.45, 2.75) is 51.0 Å². The molecule has 0 aliphatic carbocycles. The topological polar surface area (TPSA) is 176 Å². The second-order valence-electron chi connectivity index (χ2n) is 7.38. The fraction of sp³-hybridized carbons (Fsp3) is 0.684. The lowest BCUT2D eigenvalue weighted by molar-refractivity contribution is -0.150. The second kappa shape index (κ2) is 12.2. The first-order chi connectivity index (χ1) is 14.9. The zero-order chi connectivity index (χ0) is 22.7.